The van der Waals surface area contributed by atoms with Gasteiger partial charge in [0.15, 0.2) is 12.0 Å². The fraction of sp³-hybridized carbons (Fsp3) is 0.625. The van der Waals surface area contributed by atoms with Gasteiger partial charge in [0.2, 0.25) is 6.29 Å². The summed E-state index contributed by atoms with van der Waals surface area (Å²) in [6.07, 6.45) is 0.725. The Balaban J connectivity index is 2.75. The molecule has 0 aromatic heterocycles. The second-order valence-electron chi connectivity index (χ2n) is 2.76. The minimum atomic E-state index is -0.677. The number of hydrogen-bond donors (Lipinski definition) is 1. The average Bonchev–Trinajstić information content (AvgIpc) is 2.09. The maximum absolute atomic E-state index is 10.3. The van der Waals surface area contributed by atoms with Crippen molar-refractivity contribution >= 4 is 6.29 Å². The Bertz CT molecular complexity index is 199. The molecule has 0 saturated heterocycles. The van der Waals surface area contributed by atoms with Crippen LogP contribution in [0.3, 0.4) is 0 Å². The van der Waals surface area contributed by atoms with Gasteiger partial charge in [-0.05, 0) is 6.08 Å². The number of aldehydes is 1. The molecule has 0 aromatic carbocycles. The third kappa shape index (κ3) is 1.65. The van der Waals surface area contributed by atoms with Gasteiger partial charge in [-0.1, -0.05) is 6.92 Å². The van der Waals surface area contributed by atoms with Crippen molar-refractivity contribution in [2.45, 2.75) is 19.3 Å². The Morgan fingerprint density at radius 1 is 1.75 bits per heavy atom. The number of allylic oxidation sites excluding steroid dienone is 1. The van der Waals surface area contributed by atoms with Crippen molar-refractivity contribution in [3.05, 3.63) is 11.8 Å². The van der Waals surface area contributed by atoms with Crippen LogP contribution in [0.4, 0.5) is 0 Å². The first-order valence-corrected chi connectivity index (χ1v) is 3.73. The summed E-state index contributed by atoms with van der Waals surface area (Å²) in [5.41, 5.74) is 0. The molecule has 0 saturated carbocycles. The van der Waals surface area contributed by atoms with Gasteiger partial charge in [0.1, 0.15) is 0 Å². The Hall–Kier alpha value is -0.870. The van der Waals surface area contributed by atoms with Crippen LogP contribution in [-0.2, 0) is 14.3 Å². The van der Waals surface area contributed by atoms with Crippen LogP contribution in [-0.4, -0.2) is 30.9 Å². The molecule has 3 atom stereocenters. The van der Waals surface area contributed by atoms with Gasteiger partial charge in [0.05, 0.1) is 6.10 Å². The maximum atomic E-state index is 10.3. The molecule has 1 N–H and O–H groups in total. The molecule has 1 aliphatic heterocycles. The summed E-state index contributed by atoms with van der Waals surface area (Å²) in [5, 5.41) is 9.39. The van der Waals surface area contributed by atoms with Crippen LogP contribution in [0.2, 0.25) is 0 Å². The van der Waals surface area contributed by atoms with Crippen molar-refractivity contribution < 1.29 is 19.4 Å². The van der Waals surface area contributed by atoms with Crippen molar-refractivity contribution in [3.8, 4) is 0 Å². The number of ether oxygens (including phenoxy) is 2. The Morgan fingerprint density at radius 3 is 2.92 bits per heavy atom. The first-order valence-electron chi connectivity index (χ1n) is 3.73. The van der Waals surface area contributed by atoms with Crippen molar-refractivity contribution in [1.29, 1.82) is 0 Å². The molecule has 1 heterocycles. The van der Waals surface area contributed by atoms with Gasteiger partial charge in [-0.2, -0.15) is 0 Å². The van der Waals surface area contributed by atoms with Crippen LogP contribution in [0.5, 0.6) is 0 Å². The highest BCUT2D eigenvalue weighted by molar-refractivity contribution is 5.70. The lowest BCUT2D eigenvalue weighted by molar-refractivity contribution is -0.159. The van der Waals surface area contributed by atoms with Gasteiger partial charge < -0.3 is 14.6 Å². The summed E-state index contributed by atoms with van der Waals surface area (Å²) in [5.74, 6) is -0.0221. The van der Waals surface area contributed by atoms with Crippen LogP contribution in [0, 0.1) is 5.92 Å². The molecule has 1 rings (SSSR count). The van der Waals surface area contributed by atoms with Gasteiger partial charge in [-0.25, -0.2) is 0 Å². The van der Waals surface area contributed by atoms with E-state index in [-0.39, 0.29) is 11.7 Å². The van der Waals surface area contributed by atoms with Gasteiger partial charge in [-0.15, -0.1) is 0 Å². The quantitative estimate of drug-likeness (QED) is 0.599. The lowest BCUT2D eigenvalue weighted by Crippen LogP contribution is -2.36. The summed E-state index contributed by atoms with van der Waals surface area (Å²) in [6, 6.07) is 0. The molecule has 0 spiro atoms. The van der Waals surface area contributed by atoms with Crippen molar-refractivity contribution in [3.63, 3.8) is 0 Å². The third-order valence-corrected chi connectivity index (χ3v) is 1.90. The summed E-state index contributed by atoms with van der Waals surface area (Å²) in [7, 11) is 1.47. The maximum Gasteiger partial charge on any atom is 0.205 e. The van der Waals surface area contributed by atoms with Crippen molar-refractivity contribution in [1.82, 2.24) is 0 Å². The fourth-order valence-corrected chi connectivity index (χ4v) is 1.09. The average molecular weight is 172 g/mol. The number of rotatable bonds is 2. The van der Waals surface area contributed by atoms with E-state index in [0.29, 0.717) is 6.29 Å². The number of aliphatic hydroxyl groups excluding tert-OH is 1. The summed E-state index contributed by atoms with van der Waals surface area (Å²) < 4.78 is 10.0. The van der Waals surface area contributed by atoms with Crippen LogP contribution >= 0.6 is 0 Å². The molecular formula is C8H12O4. The standard InChI is InChI=1S/C8H12O4/c1-5-7(10)3-6(4-9)12-8(5)11-2/h3-5,7-8,10H,1-2H3. The largest absolute Gasteiger partial charge is 0.461 e. The minimum Gasteiger partial charge on any atom is -0.461 e. The van der Waals surface area contributed by atoms with Crippen LogP contribution in [0.25, 0.3) is 0 Å². The smallest absolute Gasteiger partial charge is 0.205 e. The zero-order valence-electron chi connectivity index (χ0n) is 7.06. The first kappa shape index (κ1) is 9.22. The number of aliphatic hydroxyl groups is 1. The molecule has 3 unspecified atom stereocenters. The first-order chi connectivity index (χ1) is 5.69. The Morgan fingerprint density at radius 2 is 2.42 bits per heavy atom. The van der Waals surface area contributed by atoms with Gasteiger partial charge >= 0.3 is 0 Å². The zero-order valence-corrected chi connectivity index (χ0v) is 7.06. The highest BCUT2D eigenvalue weighted by Crippen LogP contribution is 2.22. The fourth-order valence-electron chi connectivity index (χ4n) is 1.09. The predicted molar refractivity (Wildman–Crippen MR) is 41.2 cm³/mol. The van der Waals surface area contributed by atoms with Crippen molar-refractivity contribution in [2.24, 2.45) is 5.92 Å². The molecule has 0 bridgehead atoms. The van der Waals surface area contributed by atoms with Crippen LogP contribution in [0.1, 0.15) is 6.92 Å². The van der Waals surface area contributed by atoms with E-state index in [1.54, 1.807) is 6.92 Å². The van der Waals surface area contributed by atoms with Crippen LogP contribution in [0.15, 0.2) is 11.8 Å². The second-order valence-corrected chi connectivity index (χ2v) is 2.76. The topological polar surface area (TPSA) is 55.8 Å². The minimum absolute atomic E-state index is 0.132. The summed E-state index contributed by atoms with van der Waals surface area (Å²) in [6.45, 7) is 1.79. The molecule has 0 aromatic rings. The van der Waals surface area contributed by atoms with E-state index in [1.807, 2.05) is 0 Å². The third-order valence-electron chi connectivity index (χ3n) is 1.90. The molecular weight excluding hydrogens is 160 g/mol. The van der Waals surface area contributed by atoms with E-state index < -0.39 is 12.4 Å². The Kier molecular flexibility index (Phi) is 2.83. The molecule has 0 amide bonds. The highest BCUT2D eigenvalue weighted by atomic mass is 16.7. The van der Waals surface area contributed by atoms with E-state index in [1.165, 1.54) is 13.2 Å². The van der Waals surface area contributed by atoms with E-state index in [4.69, 9.17) is 9.47 Å². The SMILES string of the molecule is COC1OC(C=O)=CC(O)C1C. The molecule has 4 nitrogen and oxygen atoms in total. The number of hydrogen-bond acceptors (Lipinski definition) is 4. The van der Waals surface area contributed by atoms with Gasteiger partial charge in [0.25, 0.3) is 0 Å². The normalized spacial score (nSPS) is 35.2. The summed E-state index contributed by atoms with van der Waals surface area (Å²) >= 11 is 0. The molecule has 12 heavy (non-hydrogen) atoms. The molecule has 0 aliphatic carbocycles. The van der Waals surface area contributed by atoms with E-state index >= 15 is 0 Å². The van der Waals surface area contributed by atoms with E-state index in [9.17, 15) is 9.90 Å². The van der Waals surface area contributed by atoms with Gasteiger partial charge in [-0.3, -0.25) is 4.79 Å². The molecule has 0 fully saturated rings. The highest BCUT2D eigenvalue weighted by Gasteiger charge is 2.29. The number of carbonyl (C=O) groups excluding carboxylic acids is 1. The summed E-state index contributed by atoms with van der Waals surface area (Å²) in [4.78, 5) is 10.3. The molecule has 4 heteroatoms. The molecule has 0 radical (unpaired) electrons. The lowest BCUT2D eigenvalue weighted by atomic mass is 10.0. The molecule has 1 aliphatic rings. The number of methoxy groups -OCH3 is 1. The predicted octanol–water partition coefficient (Wildman–Crippen LogP) is 0.0689. The lowest BCUT2D eigenvalue weighted by Gasteiger charge is -2.30. The molecule has 68 valence electrons. The Labute approximate surface area is 70.8 Å². The van der Waals surface area contributed by atoms with Crippen molar-refractivity contribution in [2.75, 3.05) is 7.11 Å². The van der Waals surface area contributed by atoms with E-state index in [2.05, 4.69) is 0 Å². The van der Waals surface area contributed by atoms with Gasteiger partial charge in [0, 0.05) is 13.0 Å². The second kappa shape index (κ2) is 3.69. The monoisotopic (exact) mass is 172 g/mol. The van der Waals surface area contributed by atoms with Crippen LogP contribution < -0.4 is 0 Å². The zero-order chi connectivity index (χ0) is 9.14. The number of carbonyl (C=O) groups is 1. The van der Waals surface area contributed by atoms with E-state index in [0.717, 1.165) is 0 Å².